The molecule has 0 radical (unpaired) electrons. The first-order valence-corrected chi connectivity index (χ1v) is 14.2. The lowest BCUT2D eigenvalue weighted by atomic mass is 10.0. The lowest BCUT2D eigenvalue weighted by Gasteiger charge is -2.33. The van der Waals surface area contributed by atoms with Crippen LogP contribution < -0.4 is 11.0 Å². The first-order chi connectivity index (χ1) is 18.7. The number of hydrogen-bond donors (Lipinski definition) is 2. The summed E-state index contributed by atoms with van der Waals surface area (Å²) in [5.41, 5.74) is 3.12. The highest BCUT2D eigenvalue weighted by Crippen LogP contribution is 2.30. The molecule has 0 saturated heterocycles. The van der Waals surface area contributed by atoms with Gasteiger partial charge in [-0.25, -0.2) is 9.59 Å². The SMILES string of the molecule is CCC(c1cc2c(Br)c(C)nn2c(=O)n1Cc1ccccc1)N(CCCNC(=O)O)C(=O)c1ccc(Br)cc1. The molecular formula is C28H29Br2N5O4. The van der Waals surface area contributed by atoms with Crippen molar-refractivity contribution in [3.8, 4) is 0 Å². The Hall–Kier alpha value is -3.44. The Bertz CT molecular complexity index is 1530. The van der Waals surface area contributed by atoms with E-state index >= 15 is 0 Å². The number of aromatic nitrogens is 3. The zero-order valence-corrected chi connectivity index (χ0v) is 24.8. The molecule has 204 valence electrons. The Labute approximate surface area is 242 Å². The number of amides is 2. The number of rotatable bonds is 10. The van der Waals surface area contributed by atoms with E-state index in [2.05, 4.69) is 42.3 Å². The van der Waals surface area contributed by atoms with Crippen LogP contribution in [0.15, 0.2) is 74.4 Å². The molecule has 4 aromatic rings. The van der Waals surface area contributed by atoms with E-state index in [9.17, 15) is 14.4 Å². The normalized spacial score (nSPS) is 11.9. The van der Waals surface area contributed by atoms with Gasteiger partial charge in [-0.1, -0.05) is 53.2 Å². The van der Waals surface area contributed by atoms with Crippen molar-refractivity contribution in [1.82, 2.24) is 24.4 Å². The van der Waals surface area contributed by atoms with Crippen molar-refractivity contribution in [2.45, 2.75) is 39.3 Å². The second kappa shape index (κ2) is 12.6. The lowest BCUT2D eigenvalue weighted by Crippen LogP contribution is -2.40. The summed E-state index contributed by atoms with van der Waals surface area (Å²) in [4.78, 5) is 40.5. The minimum Gasteiger partial charge on any atom is -0.465 e. The number of carboxylic acid groups (broad SMARTS) is 1. The Kier molecular flexibility index (Phi) is 9.24. The molecule has 2 N–H and O–H groups in total. The number of hydrogen-bond acceptors (Lipinski definition) is 4. The number of carbonyl (C=O) groups is 2. The molecule has 2 amide bonds. The van der Waals surface area contributed by atoms with Gasteiger partial charge in [-0.05, 0) is 71.6 Å². The molecule has 0 saturated carbocycles. The molecule has 0 aliphatic carbocycles. The van der Waals surface area contributed by atoms with Crippen molar-refractivity contribution < 1.29 is 14.7 Å². The standard InChI is InChI=1S/C28H29Br2N5O4/c1-3-22(33(15-7-14-31-27(37)38)26(36)20-10-12-21(29)13-11-20)23-16-24-25(30)18(2)32-35(24)28(39)34(23)17-19-8-5-4-6-9-19/h4-6,8-13,16,22,31H,3,7,14-15,17H2,1-2H3,(H,37,38). The Morgan fingerprint density at radius 1 is 1.10 bits per heavy atom. The lowest BCUT2D eigenvalue weighted by molar-refractivity contribution is 0.0659. The van der Waals surface area contributed by atoms with Crippen LogP contribution >= 0.6 is 31.9 Å². The molecule has 0 bridgehead atoms. The maximum Gasteiger partial charge on any atom is 0.404 e. The van der Waals surface area contributed by atoms with Gasteiger partial charge in [-0.3, -0.25) is 9.36 Å². The summed E-state index contributed by atoms with van der Waals surface area (Å²) in [5.74, 6) is -0.202. The zero-order valence-electron chi connectivity index (χ0n) is 21.6. The van der Waals surface area contributed by atoms with Gasteiger partial charge in [0.2, 0.25) is 0 Å². The Morgan fingerprint density at radius 2 is 1.79 bits per heavy atom. The molecule has 0 aliphatic rings. The number of nitrogens with zero attached hydrogens (tertiary/aromatic N) is 4. The van der Waals surface area contributed by atoms with E-state index in [4.69, 9.17) is 5.11 Å². The molecule has 2 aromatic heterocycles. The first kappa shape index (κ1) is 28.6. The monoisotopic (exact) mass is 657 g/mol. The Morgan fingerprint density at radius 3 is 2.44 bits per heavy atom. The minimum atomic E-state index is -1.11. The van der Waals surface area contributed by atoms with E-state index in [1.54, 1.807) is 21.6 Å². The van der Waals surface area contributed by atoms with E-state index < -0.39 is 12.1 Å². The quantitative estimate of drug-likeness (QED) is 0.215. The van der Waals surface area contributed by atoms with Crippen LogP contribution in [-0.4, -0.2) is 49.3 Å². The molecule has 39 heavy (non-hydrogen) atoms. The second-order valence-corrected chi connectivity index (χ2v) is 10.8. The van der Waals surface area contributed by atoms with E-state index in [1.807, 2.05) is 62.4 Å². The molecule has 1 unspecified atom stereocenters. The molecule has 0 fully saturated rings. The second-order valence-electron chi connectivity index (χ2n) is 9.13. The fraction of sp³-hybridized carbons (Fsp3) is 0.286. The zero-order chi connectivity index (χ0) is 28.1. The third kappa shape index (κ3) is 6.42. The predicted octanol–water partition coefficient (Wildman–Crippen LogP) is 5.63. The van der Waals surface area contributed by atoms with Gasteiger partial charge in [-0.15, -0.1) is 0 Å². The van der Waals surface area contributed by atoms with Crippen molar-refractivity contribution in [3.05, 3.63) is 103 Å². The van der Waals surface area contributed by atoms with Gasteiger partial charge in [-0.2, -0.15) is 9.61 Å². The van der Waals surface area contributed by atoms with Crippen LogP contribution in [0.25, 0.3) is 5.52 Å². The fourth-order valence-electron chi connectivity index (χ4n) is 4.63. The molecule has 0 aliphatic heterocycles. The molecular weight excluding hydrogens is 630 g/mol. The maximum absolute atomic E-state index is 13.9. The number of fused-ring (bicyclic) bond motifs is 1. The average Bonchev–Trinajstić information content (AvgIpc) is 3.21. The Balaban J connectivity index is 1.85. The van der Waals surface area contributed by atoms with Gasteiger partial charge in [0.15, 0.2) is 0 Å². The highest BCUT2D eigenvalue weighted by molar-refractivity contribution is 9.11. The molecule has 2 aromatic carbocycles. The van der Waals surface area contributed by atoms with Crippen molar-refractivity contribution in [2.24, 2.45) is 0 Å². The van der Waals surface area contributed by atoms with Crippen LogP contribution in [0.3, 0.4) is 0 Å². The number of benzene rings is 2. The molecule has 4 rings (SSSR count). The molecule has 2 heterocycles. The summed E-state index contributed by atoms with van der Waals surface area (Å²) in [7, 11) is 0. The molecule has 0 spiro atoms. The highest BCUT2D eigenvalue weighted by atomic mass is 79.9. The highest BCUT2D eigenvalue weighted by Gasteiger charge is 2.29. The van der Waals surface area contributed by atoms with Crippen LogP contribution in [0, 0.1) is 6.92 Å². The summed E-state index contributed by atoms with van der Waals surface area (Å²) in [6.07, 6.45) is -0.175. The molecule has 9 nitrogen and oxygen atoms in total. The van der Waals surface area contributed by atoms with Gasteiger partial charge in [0.25, 0.3) is 5.91 Å². The largest absolute Gasteiger partial charge is 0.465 e. The summed E-state index contributed by atoms with van der Waals surface area (Å²) >= 11 is 6.99. The van der Waals surface area contributed by atoms with E-state index in [-0.39, 0.29) is 24.7 Å². The predicted molar refractivity (Wildman–Crippen MR) is 156 cm³/mol. The first-order valence-electron chi connectivity index (χ1n) is 12.6. The third-order valence-electron chi connectivity index (χ3n) is 6.52. The van der Waals surface area contributed by atoms with Gasteiger partial charge in [0, 0.05) is 28.8 Å². The van der Waals surface area contributed by atoms with Gasteiger partial charge < -0.3 is 15.3 Å². The van der Waals surface area contributed by atoms with Gasteiger partial charge in [0.1, 0.15) is 0 Å². The number of aryl methyl sites for hydroxylation is 1. The topological polar surface area (TPSA) is 109 Å². The maximum atomic E-state index is 13.9. The average molecular weight is 659 g/mol. The van der Waals surface area contributed by atoms with E-state index in [0.29, 0.717) is 41.9 Å². The summed E-state index contributed by atoms with van der Waals surface area (Å²) < 4.78 is 4.63. The van der Waals surface area contributed by atoms with Crippen LogP contribution in [-0.2, 0) is 6.54 Å². The van der Waals surface area contributed by atoms with Gasteiger partial charge in [0.05, 0.1) is 28.3 Å². The third-order valence-corrected chi connectivity index (χ3v) is 8.03. The smallest absolute Gasteiger partial charge is 0.404 e. The number of nitrogens with one attached hydrogen (secondary N) is 1. The van der Waals surface area contributed by atoms with E-state index in [0.717, 1.165) is 14.5 Å². The van der Waals surface area contributed by atoms with Crippen molar-refractivity contribution in [1.29, 1.82) is 0 Å². The summed E-state index contributed by atoms with van der Waals surface area (Å²) in [6, 6.07) is 18.2. The van der Waals surface area contributed by atoms with Crippen LogP contribution in [0.2, 0.25) is 0 Å². The van der Waals surface area contributed by atoms with Crippen molar-refractivity contribution >= 4 is 49.4 Å². The van der Waals surface area contributed by atoms with Crippen LogP contribution in [0.1, 0.15) is 53.1 Å². The van der Waals surface area contributed by atoms with E-state index in [1.165, 1.54) is 4.52 Å². The number of carbonyl (C=O) groups excluding carboxylic acids is 1. The summed E-state index contributed by atoms with van der Waals surface area (Å²) in [5, 5.41) is 15.8. The minimum absolute atomic E-state index is 0.194. The molecule has 11 heteroatoms. The molecule has 1 atom stereocenters. The van der Waals surface area contributed by atoms with Crippen LogP contribution in [0.5, 0.6) is 0 Å². The number of halogens is 2. The fourth-order valence-corrected chi connectivity index (χ4v) is 5.26. The summed E-state index contributed by atoms with van der Waals surface area (Å²) in [6.45, 7) is 4.59. The van der Waals surface area contributed by atoms with Crippen LogP contribution in [0.4, 0.5) is 4.79 Å². The van der Waals surface area contributed by atoms with Gasteiger partial charge >= 0.3 is 11.8 Å². The van der Waals surface area contributed by atoms with Crippen molar-refractivity contribution in [3.63, 3.8) is 0 Å². The van der Waals surface area contributed by atoms with Crippen molar-refractivity contribution in [2.75, 3.05) is 13.1 Å².